The summed E-state index contributed by atoms with van der Waals surface area (Å²) in [6.07, 6.45) is 3.37. The largest absolute Gasteiger partial charge is 0.497 e. The van der Waals surface area contributed by atoms with E-state index in [1.54, 1.807) is 30.6 Å². The van der Waals surface area contributed by atoms with Crippen LogP contribution in [-0.2, 0) is 11.3 Å². The van der Waals surface area contributed by atoms with Crippen LogP contribution in [0, 0.1) is 11.7 Å². The van der Waals surface area contributed by atoms with Gasteiger partial charge in [-0.15, -0.1) is 0 Å². The maximum Gasteiger partial charge on any atom is 0.308 e. The average molecular weight is 330 g/mol. The number of methoxy groups -OCH3 is 1. The van der Waals surface area contributed by atoms with Gasteiger partial charge in [-0.2, -0.15) is 0 Å². The number of ether oxygens (including phenoxy) is 1. The van der Waals surface area contributed by atoms with Gasteiger partial charge in [0.05, 0.1) is 13.0 Å². The molecule has 0 radical (unpaired) electrons. The van der Waals surface area contributed by atoms with Crippen LogP contribution >= 0.6 is 0 Å². The van der Waals surface area contributed by atoms with Gasteiger partial charge in [0.2, 0.25) is 0 Å². The monoisotopic (exact) mass is 330 g/mol. The van der Waals surface area contributed by atoms with E-state index >= 15 is 0 Å². The van der Waals surface area contributed by atoms with Crippen LogP contribution < -0.4 is 4.74 Å². The Balaban J connectivity index is 1.77. The molecule has 1 aromatic heterocycles. The fourth-order valence-electron chi connectivity index (χ4n) is 3.22. The number of hydrogen-bond donors (Lipinski definition) is 1. The number of hydrogen-bond acceptors (Lipinski definition) is 4. The topological polar surface area (TPSA) is 62.7 Å². The van der Waals surface area contributed by atoms with Gasteiger partial charge in [-0.1, -0.05) is 12.1 Å². The number of benzene rings is 1. The maximum atomic E-state index is 14.1. The minimum Gasteiger partial charge on any atom is -0.497 e. The number of halogens is 1. The van der Waals surface area contributed by atoms with E-state index in [-0.39, 0.29) is 11.7 Å². The Morgan fingerprint density at radius 2 is 2.25 bits per heavy atom. The van der Waals surface area contributed by atoms with Gasteiger partial charge in [0, 0.05) is 49.6 Å². The Hall–Kier alpha value is -2.47. The second kappa shape index (κ2) is 6.97. The first-order chi connectivity index (χ1) is 11.6. The van der Waals surface area contributed by atoms with E-state index in [2.05, 4.69) is 4.98 Å². The zero-order valence-corrected chi connectivity index (χ0v) is 13.4. The van der Waals surface area contributed by atoms with Crippen LogP contribution in [0.4, 0.5) is 4.39 Å². The van der Waals surface area contributed by atoms with Crippen molar-refractivity contribution in [3.05, 3.63) is 59.7 Å². The zero-order chi connectivity index (χ0) is 17.1. The van der Waals surface area contributed by atoms with E-state index in [0.717, 1.165) is 5.56 Å². The molecule has 1 saturated heterocycles. The lowest BCUT2D eigenvalue weighted by atomic mass is 9.90. The van der Waals surface area contributed by atoms with Crippen LogP contribution in [-0.4, -0.2) is 41.2 Å². The molecule has 0 unspecified atom stereocenters. The van der Waals surface area contributed by atoms with Crippen LogP contribution in [0.5, 0.6) is 5.75 Å². The Morgan fingerprint density at radius 3 is 2.88 bits per heavy atom. The highest BCUT2D eigenvalue weighted by molar-refractivity contribution is 5.72. The van der Waals surface area contributed by atoms with Crippen LogP contribution in [0.1, 0.15) is 17.0 Å². The lowest BCUT2D eigenvalue weighted by Gasteiger charge is -2.16. The molecule has 0 amide bonds. The van der Waals surface area contributed by atoms with Crippen molar-refractivity contribution in [1.29, 1.82) is 0 Å². The highest BCUT2D eigenvalue weighted by Gasteiger charge is 2.38. The fourth-order valence-corrected chi connectivity index (χ4v) is 3.22. The Kier molecular flexibility index (Phi) is 4.76. The first kappa shape index (κ1) is 16.4. The first-order valence-corrected chi connectivity index (χ1v) is 7.76. The molecule has 2 atom stereocenters. The summed E-state index contributed by atoms with van der Waals surface area (Å²) in [4.78, 5) is 17.6. The van der Waals surface area contributed by atoms with Crippen molar-refractivity contribution in [2.75, 3.05) is 20.2 Å². The highest BCUT2D eigenvalue weighted by Crippen LogP contribution is 2.33. The van der Waals surface area contributed by atoms with Crippen LogP contribution in [0.2, 0.25) is 0 Å². The summed E-state index contributed by atoms with van der Waals surface area (Å²) in [5.74, 6) is -1.37. The summed E-state index contributed by atoms with van der Waals surface area (Å²) in [6.45, 7) is 1.32. The molecule has 1 N–H and O–H groups in total. The lowest BCUT2D eigenvalue weighted by Crippen LogP contribution is -2.23. The Morgan fingerprint density at radius 1 is 1.42 bits per heavy atom. The Bertz CT molecular complexity index is 723. The first-order valence-electron chi connectivity index (χ1n) is 7.76. The fraction of sp³-hybridized carbons (Fsp3) is 0.333. The molecule has 0 saturated carbocycles. The summed E-state index contributed by atoms with van der Waals surface area (Å²) in [6, 6.07) is 8.44. The van der Waals surface area contributed by atoms with Gasteiger partial charge < -0.3 is 9.84 Å². The molecule has 0 bridgehead atoms. The molecule has 6 heteroatoms. The molecular formula is C18H19FN2O3. The molecule has 2 aromatic rings. The van der Waals surface area contributed by atoms with Gasteiger partial charge in [-0.05, 0) is 17.7 Å². The van der Waals surface area contributed by atoms with E-state index in [4.69, 9.17) is 4.74 Å². The van der Waals surface area contributed by atoms with Crippen molar-refractivity contribution in [2.45, 2.75) is 12.5 Å². The molecule has 1 aliphatic rings. The van der Waals surface area contributed by atoms with E-state index in [1.165, 1.54) is 13.2 Å². The molecule has 0 aliphatic carbocycles. The molecule has 126 valence electrons. The molecule has 0 spiro atoms. The number of aliphatic carboxylic acids is 1. The average Bonchev–Trinajstić information content (AvgIpc) is 3.02. The van der Waals surface area contributed by atoms with Crippen molar-refractivity contribution in [3.63, 3.8) is 0 Å². The molecule has 1 aromatic carbocycles. The summed E-state index contributed by atoms with van der Waals surface area (Å²) >= 11 is 0. The number of rotatable bonds is 5. The molecule has 1 fully saturated rings. The van der Waals surface area contributed by atoms with Gasteiger partial charge in [-0.3, -0.25) is 14.7 Å². The van der Waals surface area contributed by atoms with Gasteiger partial charge in [0.1, 0.15) is 11.6 Å². The summed E-state index contributed by atoms with van der Waals surface area (Å²) in [7, 11) is 1.49. The van der Waals surface area contributed by atoms with E-state index in [0.29, 0.717) is 30.9 Å². The van der Waals surface area contributed by atoms with E-state index in [9.17, 15) is 14.3 Å². The number of carboxylic acids is 1. The van der Waals surface area contributed by atoms with E-state index in [1.807, 2.05) is 11.0 Å². The molecular weight excluding hydrogens is 311 g/mol. The van der Waals surface area contributed by atoms with Gasteiger partial charge in [0.15, 0.2) is 0 Å². The molecule has 1 aliphatic heterocycles. The van der Waals surface area contributed by atoms with Gasteiger partial charge in [-0.25, -0.2) is 4.39 Å². The predicted octanol–water partition coefficient (Wildman–Crippen LogP) is 2.53. The minimum absolute atomic E-state index is 0.141. The number of pyridine rings is 1. The predicted molar refractivity (Wildman–Crippen MR) is 86.3 cm³/mol. The number of nitrogens with zero attached hydrogens (tertiary/aromatic N) is 2. The lowest BCUT2D eigenvalue weighted by molar-refractivity contribution is -0.141. The number of likely N-dealkylation sites (tertiary alicyclic amines) is 1. The standard InChI is InChI=1S/C18H19FN2O3/c1-24-14-5-4-13(17(19)7-14)9-21-10-15(16(11-21)18(22)23)12-3-2-6-20-8-12/h2-8,15-16H,9-11H2,1H3,(H,22,23)/t15-,16+/m1/s1. The summed E-state index contributed by atoms with van der Waals surface area (Å²) < 4.78 is 19.1. The minimum atomic E-state index is -0.832. The normalized spacial score (nSPS) is 20.9. The third kappa shape index (κ3) is 3.38. The van der Waals surface area contributed by atoms with Crippen molar-refractivity contribution in [3.8, 4) is 5.75 Å². The smallest absolute Gasteiger partial charge is 0.308 e. The number of carbonyl (C=O) groups is 1. The van der Waals surface area contributed by atoms with Crippen LogP contribution in [0.3, 0.4) is 0 Å². The van der Waals surface area contributed by atoms with Crippen LogP contribution in [0.15, 0.2) is 42.7 Å². The Labute approximate surface area is 139 Å². The third-order valence-electron chi connectivity index (χ3n) is 4.48. The molecule has 2 heterocycles. The van der Waals surface area contributed by atoms with Crippen molar-refractivity contribution < 1.29 is 19.0 Å². The third-order valence-corrected chi connectivity index (χ3v) is 4.48. The highest BCUT2D eigenvalue weighted by atomic mass is 19.1. The number of aromatic nitrogens is 1. The molecule has 5 nitrogen and oxygen atoms in total. The second-order valence-electron chi connectivity index (χ2n) is 5.99. The van der Waals surface area contributed by atoms with Crippen molar-refractivity contribution in [1.82, 2.24) is 9.88 Å². The van der Waals surface area contributed by atoms with Crippen molar-refractivity contribution in [2.24, 2.45) is 5.92 Å². The molecule has 24 heavy (non-hydrogen) atoms. The molecule has 3 rings (SSSR count). The maximum absolute atomic E-state index is 14.1. The second-order valence-corrected chi connectivity index (χ2v) is 5.99. The zero-order valence-electron chi connectivity index (χ0n) is 13.4. The number of carboxylic acid groups (broad SMARTS) is 1. The van der Waals surface area contributed by atoms with Gasteiger partial charge >= 0.3 is 5.97 Å². The van der Waals surface area contributed by atoms with Gasteiger partial charge in [0.25, 0.3) is 0 Å². The van der Waals surface area contributed by atoms with Crippen molar-refractivity contribution >= 4 is 5.97 Å². The quantitative estimate of drug-likeness (QED) is 0.913. The van der Waals surface area contributed by atoms with Crippen LogP contribution in [0.25, 0.3) is 0 Å². The SMILES string of the molecule is COc1ccc(CN2C[C@H](C(=O)O)[C@@H](c3cccnc3)C2)c(F)c1. The summed E-state index contributed by atoms with van der Waals surface area (Å²) in [5.41, 5.74) is 1.44. The summed E-state index contributed by atoms with van der Waals surface area (Å²) in [5, 5.41) is 9.51. The van der Waals surface area contributed by atoms with E-state index < -0.39 is 11.9 Å².